The van der Waals surface area contributed by atoms with Crippen LogP contribution in [0.2, 0.25) is 0 Å². The average molecular weight is 287 g/mol. The largest absolute Gasteiger partial charge is 0.344 e. The first kappa shape index (κ1) is 13.4. The molecule has 0 fully saturated rings. The van der Waals surface area contributed by atoms with Gasteiger partial charge in [-0.3, -0.25) is 0 Å². The molecule has 0 bridgehead atoms. The second kappa shape index (κ2) is 4.36. The summed E-state index contributed by atoms with van der Waals surface area (Å²) in [5, 5.41) is 5.37. The quantitative estimate of drug-likeness (QED) is 0.386. The van der Waals surface area contributed by atoms with Gasteiger partial charge in [-0.2, -0.15) is 0 Å². The van der Waals surface area contributed by atoms with E-state index >= 15 is 0 Å². The Bertz CT molecular complexity index is 1010. The molecule has 1 aromatic heterocycles. The summed E-state index contributed by atoms with van der Waals surface area (Å²) in [6.45, 7) is 6.81. The first-order valence-corrected chi connectivity index (χ1v) is 7.87. The summed E-state index contributed by atoms with van der Waals surface area (Å²) in [5.74, 6) is 0. The molecule has 4 rings (SSSR count). The van der Waals surface area contributed by atoms with Crippen molar-refractivity contribution in [3.63, 3.8) is 0 Å². The van der Waals surface area contributed by atoms with Crippen molar-refractivity contribution in [1.82, 2.24) is 4.57 Å². The highest BCUT2D eigenvalue weighted by molar-refractivity contribution is 6.20. The average Bonchev–Trinajstić information content (AvgIpc) is 2.79. The summed E-state index contributed by atoms with van der Waals surface area (Å²) < 4.78 is 2.33. The molecule has 0 atom stereocenters. The van der Waals surface area contributed by atoms with Crippen LogP contribution in [0.5, 0.6) is 0 Å². The van der Waals surface area contributed by atoms with E-state index in [9.17, 15) is 0 Å². The molecule has 0 aliphatic rings. The Kier molecular flexibility index (Phi) is 2.65. The summed E-state index contributed by atoms with van der Waals surface area (Å²) in [6, 6.07) is 20.1. The van der Waals surface area contributed by atoms with E-state index in [4.69, 9.17) is 0 Å². The molecule has 0 aliphatic heterocycles. The van der Waals surface area contributed by atoms with Gasteiger partial charge in [-0.05, 0) is 33.9 Å². The van der Waals surface area contributed by atoms with E-state index in [-0.39, 0.29) is 5.41 Å². The van der Waals surface area contributed by atoms with Gasteiger partial charge in [0.1, 0.15) is 0 Å². The Hall–Kier alpha value is -2.28. The zero-order valence-electron chi connectivity index (χ0n) is 13.6. The molecule has 0 unspecified atom stereocenters. The number of nitrogens with zero attached hydrogens (tertiary/aromatic N) is 1. The molecule has 0 radical (unpaired) electrons. The van der Waals surface area contributed by atoms with Crippen LogP contribution in [0.4, 0.5) is 0 Å². The Morgan fingerprint density at radius 3 is 2.32 bits per heavy atom. The van der Waals surface area contributed by atoms with Gasteiger partial charge in [-0.1, -0.05) is 63.2 Å². The fourth-order valence-electron chi connectivity index (χ4n) is 3.44. The number of hydrogen-bond acceptors (Lipinski definition) is 0. The molecular weight excluding hydrogens is 266 g/mol. The van der Waals surface area contributed by atoms with Crippen LogP contribution in [0.3, 0.4) is 0 Å². The molecular formula is C21H21N. The molecule has 22 heavy (non-hydrogen) atoms. The molecule has 0 N–H and O–H groups in total. The third-order valence-corrected chi connectivity index (χ3v) is 4.76. The number of fused-ring (bicyclic) bond motifs is 5. The van der Waals surface area contributed by atoms with Crippen molar-refractivity contribution in [2.45, 2.75) is 26.2 Å². The third kappa shape index (κ3) is 1.78. The van der Waals surface area contributed by atoms with Gasteiger partial charge in [0.2, 0.25) is 0 Å². The van der Waals surface area contributed by atoms with Gasteiger partial charge in [0, 0.05) is 28.9 Å². The molecule has 110 valence electrons. The summed E-state index contributed by atoms with van der Waals surface area (Å²) in [6.07, 6.45) is 0. The zero-order valence-corrected chi connectivity index (χ0v) is 13.6. The second-order valence-corrected chi connectivity index (χ2v) is 7.22. The highest BCUT2D eigenvalue weighted by atomic mass is 14.9. The molecule has 0 saturated heterocycles. The number of hydrogen-bond donors (Lipinski definition) is 0. The lowest BCUT2D eigenvalue weighted by molar-refractivity contribution is 0.591. The van der Waals surface area contributed by atoms with Crippen LogP contribution >= 0.6 is 0 Å². The number of benzene rings is 3. The maximum atomic E-state index is 2.35. The summed E-state index contributed by atoms with van der Waals surface area (Å²) in [7, 11) is 2.17. The normalized spacial score (nSPS) is 12.5. The van der Waals surface area contributed by atoms with Crippen molar-refractivity contribution in [3.8, 4) is 0 Å². The molecule has 1 nitrogen and oxygen atoms in total. The van der Waals surface area contributed by atoms with Crippen LogP contribution in [0.15, 0.2) is 54.6 Å². The zero-order chi connectivity index (χ0) is 15.5. The van der Waals surface area contributed by atoms with Gasteiger partial charge >= 0.3 is 0 Å². The van der Waals surface area contributed by atoms with E-state index in [1.165, 1.54) is 38.1 Å². The fraction of sp³-hybridized carbons (Fsp3) is 0.238. The van der Waals surface area contributed by atoms with E-state index < -0.39 is 0 Å². The van der Waals surface area contributed by atoms with Crippen LogP contribution in [-0.4, -0.2) is 4.57 Å². The monoisotopic (exact) mass is 287 g/mol. The molecule has 3 aromatic carbocycles. The minimum atomic E-state index is 0.173. The highest BCUT2D eigenvalue weighted by Crippen LogP contribution is 2.36. The molecule has 1 heteroatoms. The highest BCUT2D eigenvalue weighted by Gasteiger charge is 2.17. The van der Waals surface area contributed by atoms with E-state index in [0.717, 1.165) is 0 Å². The predicted octanol–water partition coefficient (Wildman–Crippen LogP) is 5.78. The molecule has 1 heterocycles. The van der Waals surface area contributed by atoms with Gasteiger partial charge in [0.25, 0.3) is 0 Å². The summed E-state index contributed by atoms with van der Waals surface area (Å²) in [5.41, 5.74) is 4.18. The Balaban J connectivity index is 2.20. The SMILES string of the molecule is Cn1c2cc(C(C)(C)C)ccc2c2c3ccccc3ccc21. The minimum absolute atomic E-state index is 0.173. The van der Waals surface area contributed by atoms with Crippen molar-refractivity contribution in [2.75, 3.05) is 0 Å². The standard InChI is InChI=1S/C21H21N/c1-21(2,3)15-10-11-17-19(13-15)22(4)18-12-9-14-7-5-6-8-16(14)20(17)18/h5-13H,1-4H3. The Morgan fingerprint density at radius 2 is 1.55 bits per heavy atom. The summed E-state index contributed by atoms with van der Waals surface area (Å²) in [4.78, 5) is 0. The van der Waals surface area contributed by atoms with Crippen LogP contribution in [-0.2, 0) is 12.5 Å². The van der Waals surface area contributed by atoms with Crippen molar-refractivity contribution >= 4 is 32.6 Å². The smallest absolute Gasteiger partial charge is 0.0495 e. The Morgan fingerprint density at radius 1 is 0.773 bits per heavy atom. The molecule has 0 amide bonds. The first-order chi connectivity index (χ1) is 10.5. The van der Waals surface area contributed by atoms with Crippen molar-refractivity contribution in [3.05, 3.63) is 60.2 Å². The van der Waals surface area contributed by atoms with Crippen molar-refractivity contribution in [2.24, 2.45) is 7.05 Å². The predicted molar refractivity (Wildman–Crippen MR) is 96.6 cm³/mol. The lowest BCUT2D eigenvalue weighted by Gasteiger charge is -2.19. The van der Waals surface area contributed by atoms with E-state index in [0.29, 0.717) is 0 Å². The molecule has 4 aromatic rings. The minimum Gasteiger partial charge on any atom is -0.344 e. The molecule has 0 saturated carbocycles. The van der Waals surface area contributed by atoms with Gasteiger partial charge in [0.15, 0.2) is 0 Å². The lowest BCUT2D eigenvalue weighted by atomic mass is 9.86. The van der Waals surface area contributed by atoms with Crippen LogP contribution in [0.1, 0.15) is 26.3 Å². The van der Waals surface area contributed by atoms with E-state index in [2.05, 4.69) is 87.0 Å². The van der Waals surface area contributed by atoms with E-state index in [1.807, 2.05) is 0 Å². The topological polar surface area (TPSA) is 4.93 Å². The number of aryl methyl sites for hydroxylation is 1. The fourth-order valence-corrected chi connectivity index (χ4v) is 3.44. The second-order valence-electron chi connectivity index (χ2n) is 7.22. The maximum Gasteiger partial charge on any atom is 0.0495 e. The first-order valence-electron chi connectivity index (χ1n) is 7.87. The van der Waals surface area contributed by atoms with Gasteiger partial charge in [0.05, 0.1) is 0 Å². The molecule has 0 spiro atoms. The number of rotatable bonds is 0. The number of aromatic nitrogens is 1. The lowest BCUT2D eigenvalue weighted by Crippen LogP contribution is -2.10. The Labute approximate surface area is 131 Å². The van der Waals surface area contributed by atoms with Gasteiger partial charge in [-0.25, -0.2) is 0 Å². The summed E-state index contributed by atoms with van der Waals surface area (Å²) >= 11 is 0. The van der Waals surface area contributed by atoms with Gasteiger partial charge < -0.3 is 4.57 Å². The van der Waals surface area contributed by atoms with Crippen LogP contribution in [0.25, 0.3) is 32.6 Å². The van der Waals surface area contributed by atoms with E-state index in [1.54, 1.807) is 0 Å². The van der Waals surface area contributed by atoms with Crippen molar-refractivity contribution in [1.29, 1.82) is 0 Å². The van der Waals surface area contributed by atoms with Crippen molar-refractivity contribution < 1.29 is 0 Å². The third-order valence-electron chi connectivity index (χ3n) is 4.76. The molecule has 0 aliphatic carbocycles. The maximum absolute atomic E-state index is 2.35. The van der Waals surface area contributed by atoms with Crippen LogP contribution in [0, 0.1) is 0 Å². The van der Waals surface area contributed by atoms with Crippen LogP contribution < -0.4 is 0 Å². The van der Waals surface area contributed by atoms with Gasteiger partial charge in [-0.15, -0.1) is 0 Å².